The standard InChI is InChI=1S/C13H10N2O2S2/c1-7-9-6-10(13(16)17)19-12(9)15-11(14-7)5-8-3-2-4-18-8/h2-4,6H,1,5H2,(H,14,15)(H,16,17). The number of rotatable bonds is 3. The van der Waals surface area contributed by atoms with Crippen LogP contribution in [0.4, 0.5) is 5.00 Å². The summed E-state index contributed by atoms with van der Waals surface area (Å²) in [7, 11) is 0. The van der Waals surface area contributed by atoms with Crippen LogP contribution >= 0.6 is 22.7 Å². The summed E-state index contributed by atoms with van der Waals surface area (Å²) in [5, 5.41) is 14.9. The van der Waals surface area contributed by atoms with Gasteiger partial charge in [-0.05, 0) is 17.5 Å². The van der Waals surface area contributed by atoms with Crippen molar-refractivity contribution in [3.05, 3.63) is 45.5 Å². The van der Waals surface area contributed by atoms with E-state index in [0.717, 1.165) is 11.4 Å². The molecular weight excluding hydrogens is 280 g/mol. The summed E-state index contributed by atoms with van der Waals surface area (Å²) in [4.78, 5) is 16.9. The van der Waals surface area contributed by atoms with Gasteiger partial charge in [0.15, 0.2) is 0 Å². The van der Waals surface area contributed by atoms with E-state index in [9.17, 15) is 4.79 Å². The van der Waals surface area contributed by atoms with Crippen LogP contribution in [0.15, 0.2) is 35.2 Å². The van der Waals surface area contributed by atoms with Crippen LogP contribution in [0.25, 0.3) is 5.70 Å². The third kappa shape index (κ3) is 2.32. The summed E-state index contributed by atoms with van der Waals surface area (Å²) in [5.74, 6) is -0.124. The zero-order valence-corrected chi connectivity index (χ0v) is 11.5. The Hall–Kier alpha value is -1.92. The first kappa shape index (κ1) is 12.1. The molecule has 0 aromatic carbocycles. The summed E-state index contributed by atoms with van der Waals surface area (Å²) >= 11 is 2.85. The molecule has 0 amide bonds. The van der Waals surface area contributed by atoms with Crippen molar-refractivity contribution in [3.8, 4) is 0 Å². The molecule has 1 aliphatic rings. The van der Waals surface area contributed by atoms with Gasteiger partial charge in [0.2, 0.25) is 0 Å². The number of hydrogen-bond acceptors (Lipinski definition) is 5. The second kappa shape index (κ2) is 4.64. The van der Waals surface area contributed by atoms with Crippen LogP contribution in [0.2, 0.25) is 0 Å². The number of aliphatic imine (C=N–C) groups is 1. The lowest BCUT2D eigenvalue weighted by molar-refractivity contribution is 0.0702. The summed E-state index contributed by atoms with van der Waals surface area (Å²) in [6, 6.07) is 5.66. The topological polar surface area (TPSA) is 61.7 Å². The summed E-state index contributed by atoms with van der Waals surface area (Å²) in [5.41, 5.74) is 1.48. The molecule has 3 heterocycles. The summed E-state index contributed by atoms with van der Waals surface area (Å²) in [6.45, 7) is 3.93. The lowest BCUT2D eigenvalue weighted by Gasteiger charge is -2.16. The molecule has 2 aromatic heterocycles. The highest BCUT2D eigenvalue weighted by Gasteiger charge is 2.20. The number of amidine groups is 1. The Balaban J connectivity index is 1.94. The second-order valence-corrected chi connectivity index (χ2v) is 6.12. The van der Waals surface area contributed by atoms with Gasteiger partial charge in [-0.25, -0.2) is 9.79 Å². The monoisotopic (exact) mass is 290 g/mol. The van der Waals surface area contributed by atoms with Crippen LogP contribution in [-0.2, 0) is 6.42 Å². The van der Waals surface area contributed by atoms with Crippen molar-refractivity contribution >= 4 is 45.2 Å². The van der Waals surface area contributed by atoms with Crippen LogP contribution in [0, 0.1) is 0 Å². The van der Waals surface area contributed by atoms with Crippen molar-refractivity contribution in [2.24, 2.45) is 4.99 Å². The number of carboxylic acids is 1. The van der Waals surface area contributed by atoms with E-state index in [-0.39, 0.29) is 4.88 Å². The molecule has 3 rings (SSSR count). The lowest BCUT2D eigenvalue weighted by Crippen LogP contribution is -2.25. The molecule has 0 saturated carbocycles. The molecule has 2 aromatic rings. The molecule has 0 saturated heterocycles. The number of carbonyl (C=O) groups is 1. The molecule has 4 nitrogen and oxygen atoms in total. The van der Waals surface area contributed by atoms with Gasteiger partial charge in [-0.1, -0.05) is 12.6 Å². The average Bonchev–Trinajstić information content (AvgIpc) is 2.97. The molecule has 19 heavy (non-hydrogen) atoms. The second-order valence-electron chi connectivity index (χ2n) is 4.05. The first-order valence-electron chi connectivity index (χ1n) is 5.57. The fourth-order valence-electron chi connectivity index (χ4n) is 1.84. The van der Waals surface area contributed by atoms with E-state index < -0.39 is 5.97 Å². The number of thiophene rings is 2. The molecule has 0 unspecified atom stereocenters. The molecule has 0 bridgehead atoms. The van der Waals surface area contributed by atoms with Gasteiger partial charge in [0.25, 0.3) is 0 Å². The highest BCUT2D eigenvalue weighted by Crippen LogP contribution is 2.37. The highest BCUT2D eigenvalue weighted by atomic mass is 32.1. The number of aromatic carboxylic acids is 1. The Morgan fingerprint density at radius 3 is 3.05 bits per heavy atom. The van der Waals surface area contributed by atoms with Crippen LogP contribution in [0.3, 0.4) is 0 Å². The summed E-state index contributed by atoms with van der Waals surface area (Å²) < 4.78 is 0. The molecule has 0 aliphatic carbocycles. The number of hydrogen-bond donors (Lipinski definition) is 2. The fraction of sp³-hybridized carbons (Fsp3) is 0.0769. The molecule has 0 fully saturated rings. The molecule has 0 atom stereocenters. The van der Waals surface area contributed by atoms with E-state index in [2.05, 4.69) is 16.9 Å². The third-order valence-corrected chi connectivity index (χ3v) is 4.60. The van der Waals surface area contributed by atoms with Gasteiger partial charge in [-0.2, -0.15) is 0 Å². The largest absolute Gasteiger partial charge is 0.477 e. The van der Waals surface area contributed by atoms with Gasteiger partial charge >= 0.3 is 5.97 Å². The molecule has 2 N–H and O–H groups in total. The maximum atomic E-state index is 11.0. The van der Waals surface area contributed by atoms with E-state index in [4.69, 9.17) is 5.11 Å². The Bertz CT molecular complexity index is 684. The van der Waals surface area contributed by atoms with E-state index in [1.807, 2.05) is 17.5 Å². The molecule has 0 radical (unpaired) electrons. The fourth-order valence-corrected chi connectivity index (χ4v) is 3.47. The first-order chi connectivity index (χ1) is 9.13. The first-order valence-corrected chi connectivity index (χ1v) is 7.26. The Labute approximate surface area is 117 Å². The van der Waals surface area contributed by atoms with Gasteiger partial charge < -0.3 is 10.4 Å². The Morgan fingerprint density at radius 1 is 1.53 bits per heavy atom. The number of fused-ring (bicyclic) bond motifs is 1. The van der Waals surface area contributed by atoms with Crippen LogP contribution in [0.1, 0.15) is 20.1 Å². The van der Waals surface area contributed by atoms with Gasteiger partial charge in [-0.3, -0.25) is 0 Å². The summed E-state index contributed by atoms with van der Waals surface area (Å²) in [6.07, 6.45) is 0.705. The minimum atomic E-state index is -0.929. The molecule has 0 spiro atoms. The zero-order valence-electron chi connectivity index (χ0n) is 9.84. The average molecular weight is 290 g/mol. The maximum absolute atomic E-state index is 11.0. The van der Waals surface area contributed by atoms with Crippen molar-refractivity contribution in [1.29, 1.82) is 0 Å². The SMILES string of the molecule is C=C1NC(Cc2cccs2)=Nc2sc(C(=O)O)cc21. The minimum absolute atomic E-state index is 0.286. The number of nitrogens with one attached hydrogen (secondary N) is 1. The normalized spacial score (nSPS) is 13.7. The highest BCUT2D eigenvalue weighted by molar-refractivity contribution is 7.18. The van der Waals surface area contributed by atoms with E-state index >= 15 is 0 Å². The quantitative estimate of drug-likeness (QED) is 0.911. The smallest absolute Gasteiger partial charge is 0.345 e. The minimum Gasteiger partial charge on any atom is -0.477 e. The van der Waals surface area contributed by atoms with E-state index in [1.54, 1.807) is 17.4 Å². The van der Waals surface area contributed by atoms with Gasteiger partial charge in [0.1, 0.15) is 15.7 Å². The Morgan fingerprint density at radius 2 is 2.37 bits per heavy atom. The molecule has 96 valence electrons. The van der Waals surface area contributed by atoms with Crippen molar-refractivity contribution < 1.29 is 9.90 Å². The van der Waals surface area contributed by atoms with Crippen molar-refractivity contribution in [2.45, 2.75) is 6.42 Å². The Kier molecular flexibility index (Phi) is 2.96. The van der Waals surface area contributed by atoms with Gasteiger partial charge in [0.05, 0.1) is 0 Å². The van der Waals surface area contributed by atoms with Gasteiger partial charge in [0, 0.05) is 22.6 Å². The maximum Gasteiger partial charge on any atom is 0.345 e. The van der Waals surface area contributed by atoms with Crippen molar-refractivity contribution in [1.82, 2.24) is 5.32 Å². The third-order valence-electron chi connectivity index (χ3n) is 2.70. The molecule has 6 heteroatoms. The molecule has 1 aliphatic heterocycles. The lowest BCUT2D eigenvalue weighted by atomic mass is 10.2. The van der Waals surface area contributed by atoms with E-state index in [1.165, 1.54) is 16.2 Å². The zero-order chi connectivity index (χ0) is 13.4. The van der Waals surface area contributed by atoms with Crippen LogP contribution < -0.4 is 5.32 Å². The molecular formula is C13H10N2O2S2. The van der Waals surface area contributed by atoms with Crippen LogP contribution in [-0.4, -0.2) is 16.9 Å². The van der Waals surface area contributed by atoms with Crippen LogP contribution in [0.5, 0.6) is 0 Å². The number of carboxylic acid groups (broad SMARTS) is 1. The number of nitrogens with zero attached hydrogens (tertiary/aromatic N) is 1. The van der Waals surface area contributed by atoms with Crippen molar-refractivity contribution in [3.63, 3.8) is 0 Å². The predicted octanol–water partition coefficient (Wildman–Crippen LogP) is 3.35. The predicted molar refractivity (Wildman–Crippen MR) is 78.6 cm³/mol. The van der Waals surface area contributed by atoms with Crippen molar-refractivity contribution in [2.75, 3.05) is 0 Å². The van der Waals surface area contributed by atoms with Gasteiger partial charge in [-0.15, -0.1) is 22.7 Å². The van der Waals surface area contributed by atoms with E-state index in [0.29, 0.717) is 17.1 Å².